The Morgan fingerprint density at radius 3 is 2.27 bits per heavy atom. The van der Waals surface area contributed by atoms with Crippen LogP contribution in [0, 0.1) is 18.7 Å². The van der Waals surface area contributed by atoms with Crippen molar-refractivity contribution in [2.24, 2.45) is 5.92 Å². The monoisotopic (exact) mass is 439 g/mol. The Balaban J connectivity index is 2.41. The molecule has 1 heterocycles. The summed E-state index contributed by atoms with van der Waals surface area (Å²) in [7, 11) is -2.20. The second-order valence-electron chi connectivity index (χ2n) is 9.69. The van der Waals surface area contributed by atoms with E-state index >= 15 is 0 Å². The van der Waals surface area contributed by atoms with Gasteiger partial charge in [-0.1, -0.05) is 53.7 Å². The number of hydrogen-bond acceptors (Lipinski definition) is 3. The first-order valence-electron chi connectivity index (χ1n) is 11.0. The van der Waals surface area contributed by atoms with Gasteiger partial charge in [0.05, 0.1) is 5.60 Å². The summed E-state index contributed by atoms with van der Waals surface area (Å²) in [5.74, 6) is -0.830. The molecule has 0 radical (unpaired) electrons. The molecule has 2 rings (SSSR count). The summed E-state index contributed by atoms with van der Waals surface area (Å²) in [6.45, 7) is 15.5. The molecule has 170 valence electrons. The van der Waals surface area contributed by atoms with Gasteiger partial charge < -0.3 is 19.5 Å². The third-order valence-corrected chi connectivity index (χ3v) is 13.1. The SMILES string of the molecule is Cc1ccc(C2(O)CCN(C(=O)O)CC2CO[Si](C(C)C)(C(C)C)C(C)C)cc1F. The number of carbonyl (C=O) groups is 1. The van der Waals surface area contributed by atoms with Gasteiger partial charge in [-0.2, -0.15) is 0 Å². The lowest BCUT2D eigenvalue weighted by molar-refractivity contribution is -0.0875. The van der Waals surface area contributed by atoms with Crippen molar-refractivity contribution in [3.63, 3.8) is 0 Å². The predicted octanol–water partition coefficient (Wildman–Crippen LogP) is 5.51. The Morgan fingerprint density at radius 1 is 1.23 bits per heavy atom. The number of carboxylic acid groups (broad SMARTS) is 1. The Hall–Kier alpha value is -1.44. The number of aryl methyl sites for hydroxylation is 1. The van der Waals surface area contributed by atoms with E-state index in [0.29, 0.717) is 27.8 Å². The zero-order chi connectivity index (χ0) is 22.9. The predicted molar refractivity (Wildman–Crippen MR) is 120 cm³/mol. The number of halogens is 1. The highest BCUT2D eigenvalue weighted by molar-refractivity contribution is 6.77. The van der Waals surface area contributed by atoms with E-state index < -0.39 is 25.9 Å². The maximum atomic E-state index is 14.3. The van der Waals surface area contributed by atoms with Gasteiger partial charge >= 0.3 is 6.09 Å². The first-order valence-corrected chi connectivity index (χ1v) is 13.1. The van der Waals surface area contributed by atoms with Gasteiger partial charge in [-0.05, 0) is 47.2 Å². The lowest BCUT2D eigenvalue weighted by Gasteiger charge is -2.48. The average molecular weight is 440 g/mol. The maximum Gasteiger partial charge on any atom is 0.407 e. The van der Waals surface area contributed by atoms with Crippen molar-refractivity contribution in [3.05, 3.63) is 35.1 Å². The number of nitrogens with zero attached hydrogens (tertiary/aromatic N) is 1. The second kappa shape index (κ2) is 9.36. The first kappa shape index (κ1) is 24.8. The summed E-state index contributed by atoms with van der Waals surface area (Å²) < 4.78 is 21.0. The molecular weight excluding hydrogens is 401 g/mol. The summed E-state index contributed by atoms with van der Waals surface area (Å²) in [6, 6.07) is 4.80. The molecule has 0 aromatic heterocycles. The number of rotatable bonds is 7. The van der Waals surface area contributed by atoms with Crippen molar-refractivity contribution in [2.75, 3.05) is 19.7 Å². The topological polar surface area (TPSA) is 70.0 Å². The van der Waals surface area contributed by atoms with Crippen molar-refractivity contribution < 1.29 is 23.8 Å². The van der Waals surface area contributed by atoms with Crippen molar-refractivity contribution in [3.8, 4) is 0 Å². The number of amides is 1. The Labute approximate surface area is 181 Å². The van der Waals surface area contributed by atoms with E-state index in [2.05, 4.69) is 41.5 Å². The van der Waals surface area contributed by atoms with E-state index in [1.807, 2.05) is 0 Å². The van der Waals surface area contributed by atoms with Gasteiger partial charge in [0.25, 0.3) is 0 Å². The first-order chi connectivity index (χ1) is 13.9. The lowest BCUT2D eigenvalue weighted by Crippen LogP contribution is -2.56. The van der Waals surface area contributed by atoms with E-state index in [1.54, 1.807) is 19.1 Å². The van der Waals surface area contributed by atoms with E-state index in [0.717, 1.165) is 0 Å². The van der Waals surface area contributed by atoms with Crippen LogP contribution in [0.1, 0.15) is 59.1 Å². The molecule has 0 spiro atoms. The third-order valence-electron chi connectivity index (χ3n) is 7.06. The fourth-order valence-electron chi connectivity index (χ4n) is 5.37. The van der Waals surface area contributed by atoms with Crippen LogP contribution in [0.25, 0.3) is 0 Å². The van der Waals surface area contributed by atoms with E-state index in [-0.39, 0.29) is 31.9 Å². The molecule has 7 heteroatoms. The Bertz CT molecular complexity index is 733. The Morgan fingerprint density at radius 2 is 1.80 bits per heavy atom. The molecule has 0 bridgehead atoms. The van der Waals surface area contributed by atoms with E-state index in [9.17, 15) is 19.4 Å². The van der Waals surface area contributed by atoms with Gasteiger partial charge in [0.1, 0.15) is 5.82 Å². The second-order valence-corrected chi connectivity index (χ2v) is 15.2. The third kappa shape index (κ3) is 4.58. The van der Waals surface area contributed by atoms with Gasteiger partial charge in [-0.3, -0.25) is 0 Å². The van der Waals surface area contributed by atoms with Crippen LogP contribution in [0.5, 0.6) is 0 Å². The van der Waals surface area contributed by atoms with E-state index in [1.165, 1.54) is 11.0 Å². The van der Waals surface area contributed by atoms with Gasteiger partial charge in [-0.25, -0.2) is 9.18 Å². The summed E-state index contributed by atoms with van der Waals surface area (Å²) in [4.78, 5) is 13.0. The number of aliphatic hydroxyl groups is 1. The van der Waals surface area contributed by atoms with Gasteiger partial charge in [0.2, 0.25) is 0 Å². The normalized spacial score (nSPS) is 22.9. The van der Waals surface area contributed by atoms with Crippen molar-refractivity contribution >= 4 is 14.4 Å². The van der Waals surface area contributed by atoms with Crippen molar-refractivity contribution in [1.29, 1.82) is 0 Å². The molecule has 1 aliphatic heterocycles. The summed E-state index contributed by atoms with van der Waals surface area (Å²) in [5.41, 5.74) is 0.815. The lowest BCUT2D eigenvalue weighted by atomic mass is 9.76. The molecule has 0 aliphatic carbocycles. The van der Waals surface area contributed by atoms with Crippen LogP contribution in [0.3, 0.4) is 0 Å². The molecule has 1 aliphatic rings. The fourth-order valence-corrected chi connectivity index (χ4v) is 10.9. The molecule has 1 amide bonds. The molecule has 2 unspecified atom stereocenters. The number of piperidine rings is 1. The highest BCUT2D eigenvalue weighted by atomic mass is 28.4. The van der Waals surface area contributed by atoms with Gasteiger partial charge in [0.15, 0.2) is 8.32 Å². The van der Waals surface area contributed by atoms with Gasteiger partial charge in [-0.15, -0.1) is 0 Å². The highest BCUT2D eigenvalue weighted by Crippen LogP contribution is 2.44. The zero-order valence-corrected chi connectivity index (χ0v) is 20.4. The number of hydrogen-bond donors (Lipinski definition) is 2. The smallest absolute Gasteiger partial charge is 0.407 e. The number of likely N-dealkylation sites (tertiary alicyclic amines) is 1. The van der Waals surface area contributed by atoms with Crippen LogP contribution in [-0.2, 0) is 10.0 Å². The summed E-state index contributed by atoms with van der Waals surface area (Å²) >= 11 is 0. The molecule has 30 heavy (non-hydrogen) atoms. The molecule has 5 nitrogen and oxygen atoms in total. The largest absolute Gasteiger partial charge is 0.465 e. The quantitative estimate of drug-likeness (QED) is 0.549. The standard InChI is InChI=1S/C23H38FNO4Si/c1-15(2)30(16(3)4,17(5)6)29-14-20-13-25(22(26)27)11-10-23(20,28)19-9-8-18(7)21(24)12-19/h8-9,12,15-17,20,28H,10-11,13-14H2,1-7H3,(H,26,27). The van der Waals surface area contributed by atoms with Gasteiger partial charge in [0, 0.05) is 25.6 Å². The molecule has 1 fully saturated rings. The molecule has 1 aromatic carbocycles. The summed E-state index contributed by atoms with van der Waals surface area (Å²) in [6.07, 6.45) is -0.785. The van der Waals surface area contributed by atoms with Crippen LogP contribution in [0.15, 0.2) is 18.2 Å². The molecule has 2 N–H and O–H groups in total. The van der Waals surface area contributed by atoms with E-state index in [4.69, 9.17) is 4.43 Å². The van der Waals surface area contributed by atoms with Crippen molar-refractivity contribution in [2.45, 2.75) is 77.1 Å². The number of benzene rings is 1. The Kier molecular flexibility index (Phi) is 7.75. The van der Waals surface area contributed by atoms with Crippen LogP contribution in [0.2, 0.25) is 16.6 Å². The minimum Gasteiger partial charge on any atom is -0.465 e. The molecule has 0 saturated carbocycles. The van der Waals surface area contributed by atoms with Crippen molar-refractivity contribution in [1.82, 2.24) is 4.90 Å². The molecule has 2 atom stereocenters. The maximum absolute atomic E-state index is 14.3. The highest BCUT2D eigenvalue weighted by Gasteiger charge is 2.49. The van der Waals surface area contributed by atoms with Crippen LogP contribution < -0.4 is 0 Å². The average Bonchev–Trinajstić information content (AvgIpc) is 2.64. The van der Waals surface area contributed by atoms with Crippen LogP contribution in [0.4, 0.5) is 9.18 Å². The fraction of sp³-hybridized carbons (Fsp3) is 0.696. The van der Waals surface area contributed by atoms with Crippen LogP contribution >= 0.6 is 0 Å². The minimum absolute atomic E-state index is 0.167. The molecule has 1 aromatic rings. The minimum atomic E-state index is -2.20. The zero-order valence-electron chi connectivity index (χ0n) is 19.4. The molecule has 1 saturated heterocycles. The van der Waals surface area contributed by atoms with Crippen LogP contribution in [-0.4, -0.2) is 49.2 Å². The molecular formula is C23H38FNO4Si. The summed E-state index contributed by atoms with van der Waals surface area (Å²) in [5, 5.41) is 21.2.